The SMILES string of the molecule is CN(C)/C=C(\C=C(\C(=O)O)[N+](=O)[O-])c1cc(OCc2ccccc2)ccc1[N+](=O)[O-]. The van der Waals surface area contributed by atoms with Gasteiger partial charge in [-0.2, -0.15) is 0 Å². The number of nitrogens with zero attached hydrogens (tertiary/aromatic N) is 3. The molecule has 2 aromatic carbocycles. The first kappa shape index (κ1) is 22.1. The van der Waals surface area contributed by atoms with Crippen molar-refractivity contribution >= 4 is 17.2 Å². The fourth-order valence-electron chi connectivity index (χ4n) is 2.54. The Hall–Kier alpha value is -4.21. The predicted octanol–water partition coefficient (Wildman–Crippen LogP) is 3.32. The number of benzene rings is 2. The Morgan fingerprint density at radius 2 is 1.80 bits per heavy atom. The number of aliphatic carboxylic acids is 1. The lowest BCUT2D eigenvalue weighted by atomic mass is 10.0. The van der Waals surface area contributed by atoms with Crippen LogP contribution in [-0.4, -0.2) is 39.9 Å². The molecule has 0 aliphatic carbocycles. The average molecular weight is 413 g/mol. The van der Waals surface area contributed by atoms with Gasteiger partial charge in [-0.1, -0.05) is 30.3 Å². The number of hydrogen-bond donors (Lipinski definition) is 1. The lowest BCUT2D eigenvalue weighted by Crippen LogP contribution is -2.11. The number of carboxylic acids is 1. The van der Waals surface area contributed by atoms with Crippen LogP contribution in [0.2, 0.25) is 0 Å². The molecule has 0 aliphatic heterocycles. The maximum Gasteiger partial charge on any atom is 0.407 e. The molecule has 156 valence electrons. The van der Waals surface area contributed by atoms with E-state index in [9.17, 15) is 25.0 Å². The summed E-state index contributed by atoms with van der Waals surface area (Å²) in [5, 5.41) is 31.7. The van der Waals surface area contributed by atoms with Crippen molar-refractivity contribution in [2.75, 3.05) is 14.1 Å². The number of allylic oxidation sites excluding steroid dienone is 2. The standard InChI is InChI=1S/C20H19N3O7/c1-21(2)12-15(10-19(20(24)25)23(28)29)17-11-16(8-9-18(17)22(26)27)30-13-14-6-4-3-5-7-14/h3-12H,13H2,1-2H3,(H,24,25)/b15-12+,19-10-. The molecular weight excluding hydrogens is 394 g/mol. The van der Waals surface area contributed by atoms with Gasteiger partial charge in [-0.25, -0.2) is 4.79 Å². The molecule has 0 fully saturated rings. The molecule has 0 bridgehead atoms. The third-order valence-corrected chi connectivity index (χ3v) is 3.83. The van der Waals surface area contributed by atoms with Crippen LogP contribution in [0.3, 0.4) is 0 Å². The van der Waals surface area contributed by atoms with E-state index in [2.05, 4.69) is 0 Å². The molecule has 0 heterocycles. The van der Waals surface area contributed by atoms with E-state index in [0.717, 1.165) is 11.6 Å². The van der Waals surface area contributed by atoms with E-state index in [4.69, 9.17) is 9.84 Å². The van der Waals surface area contributed by atoms with Crippen molar-refractivity contribution in [2.24, 2.45) is 0 Å². The lowest BCUT2D eigenvalue weighted by Gasteiger charge is -2.12. The Balaban J connectivity index is 2.54. The molecule has 10 heteroatoms. The first-order chi connectivity index (χ1) is 14.2. The second-order valence-corrected chi connectivity index (χ2v) is 6.35. The molecule has 0 saturated carbocycles. The number of carboxylic acid groups (broad SMARTS) is 1. The van der Waals surface area contributed by atoms with Gasteiger partial charge in [0.15, 0.2) is 0 Å². The van der Waals surface area contributed by atoms with Crippen molar-refractivity contribution in [3.63, 3.8) is 0 Å². The van der Waals surface area contributed by atoms with Crippen molar-refractivity contribution in [3.8, 4) is 5.75 Å². The van der Waals surface area contributed by atoms with E-state index in [0.29, 0.717) is 0 Å². The summed E-state index contributed by atoms with van der Waals surface area (Å²) in [4.78, 5) is 33.6. The van der Waals surface area contributed by atoms with Gasteiger partial charge in [0.1, 0.15) is 12.4 Å². The van der Waals surface area contributed by atoms with E-state index in [-0.39, 0.29) is 29.2 Å². The van der Waals surface area contributed by atoms with Gasteiger partial charge in [-0.3, -0.25) is 20.2 Å². The predicted molar refractivity (Wildman–Crippen MR) is 108 cm³/mol. The fraction of sp³-hybridized carbons (Fsp3) is 0.150. The molecule has 0 aromatic heterocycles. The molecule has 0 aliphatic rings. The summed E-state index contributed by atoms with van der Waals surface area (Å²) in [5.41, 5.74) is -0.624. The Labute approximate surface area is 171 Å². The van der Waals surface area contributed by atoms with E-state index in [1.807, 2.05) is 30.3 Å². The molecule has 10 nitrogen and oxygen atoms in total. The summed E-state index contributed by atoms with van der Waals surface area (Å²) in [7, 11) is 3.20. The van der Waals surface area contributed by atoms with Crippen LogP contribution < -0.4 is 4.74 Å². The number of rotatable bonds is 9. The van der Waals surface area contributed by atoms with Gasteiger partial charge in [-0.15, -0.1) is 0 Å². The Morgan fingerprint density at radius 1 is 1.13 bits per heavy atom. The highest BCUT2D eigenvalue weighted by Crippen LogP contribution is 2.32. The fourth-order valence-corrected chi connectivity index (χ4v) is 2.54. The van der Waals surface area contributed by atoms with Crippen LogP contribution in [0.25, 0.3) is 5.57 Å². The summed E-state index contributed by atoms with van der Waals surface area (Å²) < 4.78 is 5.69. The van der Waals surface area contributed by atoms with Crippen LogP contribution in [-0.2, 0) is 11.4 Å². The minimum absolute atomic E-state index is 0.0140. The van der Waals surface area contributed by atoms with E-state index in [1.54, 1.807) is 14.1 Å². The van der Waals surface area contributed by atoms with Crippen LogP contribution in [0, 0.1) is 20.2 Å². The normalized spacial score (nSPS) is 11.7. The molecule has 2 rings (SSSR count). The topological polar surface area (TPSA) is 136 Å². The molecule has 0 unspecified atom stereocenters. The molecule has 2 aromatic rings. The van der Waals surface area contributed by atoms with E-state index < -0.39 is 21.5 Å². The Bertz CT molecular complexity index is 998. The summed E-state index contributed by atoms with van der Waals surface area (Å²) in [6.07, 6.45) is 2.14. The quantitative estimate of drug-likeness (QED) is 0.286. The summed E-state index contributed by atoms with van der Waals surface area (Å²) in [5.74, 6) is -1.47. The second-order valence-electron chi connectivity index (χ2n) is 6.35. The minimum atomic E-state index is -1.76. The first-order valence-electron chi connectivity index (χ1n) is 8.62. The van der Waals surface area contributed by atoms with Crippen molar-refractivity contribution in [1.82, 2.24) is 4.90 Å². The smallest absolute Gasteiger partial charge is 0.407 e. The molecule has 0 atom stereocenters. The maximum atomic E-state index is 11.5. The van der Waals surface area contributed by atoms with E-state index in [1.165, 1.54) is 29.3 Å². The molecule has 30 heavy (non-hydrogen) atoms. The van der Waals surface area contributed by atoms with E-state index >= 15 is 0 Å². The van der Waals surface area contributed by atoms with Crippen molar-refractivity contribution in [2.45, 2.75) is 6.61 Å². The van der Waals surface area contributed by atoms with Crippen LogP contribution in [0.15, 0.2) is 66.5 Å². The van der Waals surface area contributed by atoms with Crippen molar-refractivity contribution < 1.29 is 24.5 Å². The molecule has 0 saturated heterocycles. The molecule has 0 radical (unpaired) electrons. The summed E-state index contributed by atoms with van der Waals surface area (Å²) >= 11 is 0. The minimum Gasteiger partial charge on any atom is -0.489 e. The Kier molecular flexibility index (Phi) is 7.23. The first-order valence-corrected chi connectivity index (χ1v) is 8.62. The highest BCUT2D eigenvalue weighted by atomic mass is 16.6. The molecule has 1 N–H and O–H groups in total. The van der Waals surface area contributed by atoms with Crippen molar-refractivity contribution in [1.29, 1.82) is 0 Å². The second kappa shape index (κ2) is 9.82. The average Bonchev–Trinajstić information content (AvgIpc) is 2.69. The van der Waals surface area contributed by atoms with Gasteiger partial charge < -0.3 is 14.7 Å². The number of ether oxygens (including phenoxy) is 1. The number of carbonyl (C=O) groups is 1. The zero-order valence-electron chi connectivity index (χ0n) is 16.2. The maximum absolute atomic E-state index is 11.5. The van der Waals surface area contributed by atoms with Gasteiger partial charge >= 0.3 is 11.7 Å². The summed E-state index contributed by atoms with van der Waals surface area (Å²) in [6.45, 7) is 0.204. The van der Waals surface area contributed by atoms with Gasteiger partial charge in [-0.05, 0) is 17.7 Å². The van der Waals surface area contributed by atoms with Crippen molar-refractivity contribution in [3.05, 3.63) is 97.9 Å². The monoisotopic (exact) mass is 413 g/mol. The molecular formula is C20H19N3O7. The van der Waals surface area contributed by atoms with Crippen LogP contribution >= 0.6 is 0 Å². The van der Waals surface area contributed by atoms with Crippen LogP contribution in [0.4, 0.5) is 5.69 Å². The zero-order valence-corrected chi connectivity index (χ0v) is 16.2. The number of hydrogen-bond acceptors (Lipinski definition) is 7. The van der Waals surface area contributed by atoms with Crippen LogP contribution in [0.1, 0.15) is 11.1 Å². The number of nitro groups is 2. The van der Waals surface area contributed by atoms with Gasteiger partial charge in [0.05, 0.1) is 15.4 Å². The highest BCUT2D eigenvalue weighted by Gasteiger charge is 2.25. The third-order valence-electron chi connectivity index (χ3n) is 3.83. The Morgan fingerprint density at radius 3 is 2.33 bits per heavy atom. The molecule has 0 amide bonds. The number of nitro benzene ring substituents is 1. The third kappa shape index (κ3) is 5.89. The summed E-state index contributed by atoms with van der Waals surface area (Å²) in [6, 6.07) is 13.2. The lowest BCUT2D eigenvalue weighted by molar-refractivity contribution is -0.420. The molecule has 0 spiro atoms. The van der Waals surface area contributed by atoms with Crippen LogP contribution in [0.5, 0.6) is 5.75 Å². The van der Waals surface area contributed by atoms with Gasteiger partial charge in [0.2, 0.25) is 0 Å². The zero-order chi connectivity index (χ0) is 22.3. The van der Waals surface area contributed by atoms with Gasteiger partial charge in [0, 0.05) is 38.0 Å². The largest absolute Gasteiger partial charge is 0.489 e. The highest BCUT2D eigenvalue weighted by molar-refractivity contribution is 5.90. The van der Waals surface area contributed by atoms with Gasteiger partial charge in [0.25, 0.3) is 5.69 Å².